The van der Waals surface area contributed by atoms with E-state index in [4.69, 9.17) is 17.4 Å². The van der Waals surface area contributed by atoms with Crippen molar-refractivity contribution in [3.05, 3.63) is 59.1 Å². The van der Waals surface area contributed by atoms with Crippen molar-refractivity contribution in [1.82, 2.24) is 14.9 Å². The van der Waals surface area contributed by atoms with Crippen LogP contribution in [0.2, 0.25) is 5.02 Å². The summed E-state index contributed by atoms with van der Waals surface area (Å²) in [6.07, 6.45) is 0.880. The van der Waals surface area contributed by atoms with E-state index in [1.54, 1.807) is 12.1 Å². The summed E-state index contributed by atoms with van der Waals surface area (Å²) >= 11 is 7.34. The quantitative estimate of drug-likeness (QED) is 0.537. The molecule has 1 aliphatic rings. The number of nitrogen functional groups attached to an aromatic ring is 1. The summed E-state index contributed by atoms with van der Waals surface area (Å²) in [5, 5.41) is 9.05. The molecule has 1 aromatic heterocycles. The van der Waals surface area contributed by atoms with Crippen molar-refractivity contribution in [3.8, 4) is 11.4 Å². The minimum Gasteiger partial charge on any atom is -0.335 e. The number of aromatic nitrogens is 3. The molecule has 0 unspecified atom stereocenters. The molecule has 0 bridgehead atoms. The van der Waals surface area contributed by atoms with Gasteiger partial charge in [0.2, 0.25) is 11.1 Å². The minimum atomic E-state index is -0.338. The third-order valence-corrected chi connectivity index (χ3v) is 5.81. The number of carbonyl (C=O) groups is 1. The Morgan fingerprint density at radius 2 is 2.04 bits per heavy atom. The van der Waals surface area contributed by atoms with Crippen LogP contribution in [0, 0.1) is 0 Å². The zero-order valence-corrected chi connectivity index (χ0v) is 16.2. The van der Waals surface area contributed by atoms with E-state index in [-0.39, 0.29) is 11.2 Å². The normalized spacial score (nSPS) is 14.2. The van der Waals surface area contributed by atoms with Crippen LogP contribution >= 0.6 is 23.4 Å². The summed E-state index contributed by atoms with van der Waals surface area (Å²) < 4.78 is 1.40. The van der Waals surface area contributed by atoms with Crippen LogP contribution in [0.3, 0.4) is 0 Å². The first-order valence-electron chi connectivity index (χ1n) is 8.57. The van der Waals surface area contributed by atoms with E-state index in [1.165, 1.54) is 22.0 Å². The number of nitrogens with zero attached hydrogens (tertiary/aromatic N) is 4. The van der Waals surface area contributed by atoms with E-state index in [0.29, 0.717) is 22.5 Å². The maximum Gasteiger partial charge on any atom is 0.240 e. The molecule has 0 spiro atoms. The largest absolute Gasteiger partial charge is 0.335 e. The molecular formula is C19H18ClN5OS. The Labute approximate surface area is 166 Å². The van der Waals surface area contributed by atoms with Gasteiger partial charge < -0.3 is 10.7 Å². The summed E-state index contributed by atoms with van der Waals surface area (Å²) in [6, 6.07) is 15.3. The molecule has 0 radical (unpaired) electrons. The van der Waals surface area contributed by atoms with Gasteiger partial charge in [0.25, 0.3) is 0 Å². The van der Waals surface area contributed by atoms with Gasteiger partial charge in [-0.15, -0.1) is 10.2 Å². The SMILES string of the molecule is C[C@H](Sc1nnc(-c2cccc(Cl)c2)n1N)C(=O)N1CCc2ccccc21. The Bertz CT molecular complexity index is 1010. The van der Waals surface area contributed by atoms with Crippen molar-refractivity contribution in [2.24, 2.45) is 0 Å². The molecule has 2 heterocycles. The Kier molecular flexibility index (Phi) is 4.80. The van der Waals surface area contributed by atoms with E-state index in [9.17, 15) is 4.79 Å². The number of nitrogens with two attached hydrogens (primary N) is 1. The molecule has 1 atom stereocenters. The van der Waals surface area contributed by atoms with Gasteiger partial charge in [0.05, 0.1) is 5.25 Å². The predicted octanol–water partition coefficient (Wildman–Crippen LogP) is 3.38. The number of hydrogen-bond donors (Lipinski definition) is 1. The summed E-state index contributed by atoms with van der Waals surface area (Å²) in [7, 11) is 0. The number of hydrogen-bond acceptors (Lipinski definition) is 5. The van der Waals surface area contributed by atoms with Crippen molar-refractivity contribution in [1.29, 1.82) is 0 Å². The zero-order valence-electron chi connectivity index (χ0n) is 14.7. The summed E-state index contributed by atoms with van der Waals surface area (Å²) in [5.74, 6) is 6.71. The summed E-state index contributed by atoms with van der Waals surface area (Å²) in [4.78, 5) is 14.8. The van der Waals surface area contributed by atoms with Gasteiger partial charge in [0.15, 0.2) is 5.82 Å². The standard InChI is InChI=1S/C19H18ClN5OS/c1-12(18(26)24-10-9-13-5-2-3-8-16(13)24)27-19-23-22-17(25(19)21)14-6-4-7-15(20)11-14/h2-8,11-12H,9-10,21H2,1H3/t12-/m0/s1. The highest BCUT2D eigenvalue weighted by atomic mass is 35.5. The molecule has 0 saturated carbocycles. The second kappa shape index (κ2) is 7.25. The number of benzene rings is 2. The van der Waals surface area contributed by atoms with Gasteiger partial charge in [0.1, 0.15) is 0 Å². The highest BCUT2D eigenvalue weighted by Crippen LogP contribution is 2.31. The molecule has 0 fully saturated rings. The predicted molar refractivity (Wildman–Crippen MR) is 108 cm³/mol. The van der Waals surface area contributed by atoms with Crippen LogP contribution < -0.4 is 10.7 Å². The van der Waals surface area contributed by atoms with Gasteiger partial charge in [-0.05, 0) is 37.1 Å². The lowest BCUT2D eigenvalue weighted by Gasteiger charge is -2.21. The fourth-order valence-corrected chi connectivity index (χ4v) is 4.20. The molecule has 1 amide bonds. The molecule has 2 aromatic carbocycles. The van der Waals surface area contributed by atoms with Gasteiger partial charge in [-0.3, -0.25) is 4.79 Å². The number of thioether (sulfide) groups is 1. The second-order valence-electron chi connectivity index (χ2n) is 6.32. The monoisotopic (exact) mass is 399 g/mol. The number of fused-ring (bicyclic) bond motifs is 1. The molecule has 8 heteroatoms. The van der Waals surface area contributed by atoms with Gasteiger partial charge in [-0.1, -0.05) is 53.7 Å². The van der Waals surface area contributed by atoms with E-state index in [0.717, 1.165) is 17.7 Å². The minimum absolute atomic E-state index is 0.0391. The third kappa shape index (κ3) is 3.40. The molecule has 27 heavy (non-hydrogen) atoms. The van der Waals surface area contributed by atoms with Crippen LogP contribution in [0.15, 0.2) is 53.7 Å². The van der Waals surface area contributed by atoms with E-state index < -0.39 is 0 Å². The second-order valence-corrected chi connectivity index (χ2v) is 8.06. The molecule has 0 saturated heterocycles. The molecule has 6 nitrogen and oxygen atoms in total. The van der Waals surface area contributed by atoms with E-state index in [2.05, 4.69) is 16.3 Å². The van der Waals surface area contributed by atoms with E-state index in [1.807, 2.05) is 42.2 Å². The molecule has 0 aliphatic carbocycles. The van der Waals surface area contributed by atoms with Crippen molar-refractivity contribution in [3.63, 3.8) is 0 Å². The first-order valence-corrected chi connectivity index (χ1v) is 9.82. The smallest absolute Gasteiger partial charge is 0.240 e. The Morgan fingerprint density at radius 3 is 2.85 bits per heavy atom. The lowest BCUT2D eigenvalue weighted by Crippen LogP contribution is -2.35. The highest BCUT2D eigenvalue weighted by Gasteiger charge is 2.29. The lowest BCUT2D eigenvalue weighted by molar-refractivity contribution is -0.117. The highest BCUT2D eigenvalue weighted by molar-refractivity contribution is 8.00. The number of rotatable bonds is 4. The zero-order chi connectivity index (χ0) is 19.0. The maximum absolute atomic E-state index is 12.9. The van der Waals surface area contributed by atoms with Crippen LogP contribution in [0.1, 0.15) is 12.5 Å². The van der Waals surface area contributed by atoms with Crippen molar-refractivity contribution < 1.29 is 4.79 Å². The molecule has 1 aliphatic heterocycles. The summed E-state index contributed by atoms with van der Waals surface area (Å²) in [5.41, 5.74) is 2.97. The Hall–Kier alpha value is -2.51. The van der Waals surface area contributed by atoms with Gasteiger partial charge >= 0.3 is 0 Å². The average Bonchev–Trinajstić information content (AvgIpc) is 3.25. The fourth-order valence-electron chi connectivity index (χ4n) is 3.18. The van der Waals surface area contributed by atoms with Crippen LogP contribution in [0.4, 0.5) is 5.69 Å². The number of para-hydroxylation sites is 1. The lowest BCUT2D eigenvalue weighted by atomic mass is 10.2. The summed E-state index contributed by atoms with van der Waals surface area (Å²) in [6.45, 7) is 2.56. The van der Waals surface area contributed by atoms with Crippen molar-refractivity contribution in [2.45, 2.75) is 23.8 Å². The molecule has 4 rings (SSSR count). The number of amides is 1. The number of anilines is 1. The van der Waals surface area contributed by atoms with Gasteiger partial charge in [0, 0.05) is 22.8 Å². The fraction of sp³-hybridized carbons (Fsp3) is 0.211. The van der Waals surface area contributed by atoms with Crippen LogP contribution in [0.25, 0.3) is 11.4 Å². The Balaban J connectivity index is 1.52. The number of carbonyl (C=O) groups excluding carboxylic acids is 1. The molecular weight excluding hydrogens is 382 g/mol. The third-order valence-electron chi connectivity index (χ3n) is 4.53. The maximum atomic E-state index is 12.9. The van der Waals surface area contributed by atoms with Gasteiger partial charge in [-0.2, -0.15) is 0 Å². The Morgan fingerprint density at radius 1 is 1.22 bits per heavy atom. The molecule has 2 N–H and O–H groups in total. The first-order chi connectivity index (χ1) is 13.0. The average molecular weight is 400 g/mol. The first kappa shape index (κ1) is 17.9. The van der Waals surface area contributed by atoms with Crippen LogP contribution in [0.5, 0.6) is 0 Å². The molecule has 3 aromatic rings. The van der Waals surface area contributed by atoms with Gasteiger partial charge in [-0.25, -0.2) is 4.68 Å². The van der Waals surface area contributed by atoms with Crippen molar-refractivity contribution in [2.75, 3.05) is 17.3 Å². The van der Waals surface area contributed by atoms with Crippen LogP contribution in [-0.4, -0.2) is 32.6 Å². The van der Waals surface area contributed by atoms with Crippen molar-refractivity contribution >= 4 is 35.0 Å². The number of halogens is 1. The van der Waals surface area contributed by atoms with E-state index >= 15 is 0 Å². The molecule has 138 valence electrons. The van der Waals surface area contributed by atoms with Crippen LogP contribution in [-0.2, 0) is 11.2 Å². The topological polar surface area (TPSA) is 77.0 Å².